The molecule has 0 bridgehead atoms. The Labute approximate surface area is 114 Å². The predicted molar refractivity (Wildman–Crippen MR) is 74.4 cm³/mol. The fourth-order valence-electron chi connectivity index (χ4n) is 2.64. The summed E-state index contributed by atoms with van der Waals surface area (Å²) in [7, 11) is 0. The summed E-state index contributed by atoms with van der Waals surface area (Å²) in [4.78, 5) is 4.75. The molecule has 4 heteroatoms. The normalized spacial score (nSPS) is 19.5. The Morgan fingerprint density at radius 3 is 2.32 bits per heavy atom. The van der Waals surface area contributed by atoms with E-state index in [1.54, 1.807) is 0 Å². The molecule has 1 fully saturated rings. The summed E-state index contributed by atoms with van der Waals surface area (Å²) in [6.07, 6.45) is 0.995. The third-order valence-corrected chi connectivity index (χ3v) is 3.92. The van der Waals surface area contributed by atoms with Crippen LogP contribution in [0.25, 0.3) is 0 Å². The molecule has 0 aliphatic carbocycles. The van der Waals surface area contributed by atoms with Crippen LogP contribution in [0.2, 0.25) is 0 Å². The third kappa shape index (κ3) is 4.00. The van der Waals surface area contributed by atoms with E-state index in [0.29, 0.717) is 6.04 Å². The first-order valence-electron chi connectivity index (χ1n) is 7.04. The summed E-state index contributed by atoms with van der Waals surface area (Å²) < 4.78 is 12.8. The quantitative estimate of drug-likeness (QED) is 0.879. The van der Waals surface area contributed by atoms with Gasteiger partial charge >= 0.3 is 0 Å². The summed E-state index contributed by atoms with van der Waals surface area (Å²) in [6.45, 7) is 7.26. The van der Waals surface area contributed by atoms with Crippen LogP contribution < -0.4 is 0 Å². The molecule has 0 amide bonds. The molecule has 1 heterocycles. The molecular weight excluding hydrogens is 243 g/mol. The van der Waals surface area contributed by atoms with Crippen molar-refractivity contribution in [2.45, 2.75) is 25.9 Å². The van der Waals surface area contributed by atoms with Gasteiger partial charge in [0.05, 0.1) is 6.61 Å². The summed E-state index contributed by atoms with van der Waals surface area (Å²) in [5.41, 5.74) is 1.16. The van der Waals surface area contributed by atoms with Crippen molar-refractivity contribution in [1.82, 2.24) is 9.80 Å². The third-order valence-electron chi connectivity index (χ3n) is 3.92. The predicted octanol–water partition coefficient (Wildman–Crippen LogP) is 1.71. The highest BCUT2D eigenvalue weighted by molar-refractivity contribution is 5.15. The Balaban J connectivity index is 1.81. The lowest BCUT2D eigenvalue weighted by Gasteiger charge is -2.38. The Kier molecular flexibility index (Phi) is 5.31. The molecule has 1 saturated heterocycles. The van der Waals surface area contributed by atoms with E-state index in [9.17, 15) is 9.50 Å². The zero-order valence-corrected chi connectivity index (χ0v) is 11.6. The van der Waals surface area contributed by atoms with E-state index in [1.807, 2.05) is 12.1 Å². The van der Waals surface area contributed by atoms with Gasteiger partial charge in [-0.05, 0) is 24.1 Å². The van der Waals surface area contributed by atoms with Gasteiger partial charge in [0.2, 0.25) is 0 Å². The zero-order valence-electron chi connectivity index (χ0n) is 11.6. The first-order valence-corrected chi connectivity index (χ1v) is 7.04. The molecule has 1 aliphatic heterocycles. The summed E-state index contributed by atoms with van der Waals surface area (Å²) in [5, 5.41) is 9.31. The van der Waals surface area contributed by atoms with E-state index in [2.05, 4.69) is 16.7 Å². The van der Waals surface area contributed by atoms with Crippen molar-refractivity contribution in [3.63, 3.8) is 0 Å². The van der Waals surface area contributed by atoms with Crippen molar-refractivity contribution in [2.24, 2.45) is 0 Å². The molecule has 1 aromatic carbocycles. The topological polar surface area (TPSA) is 26.7 Å². The van der Waals surface area contributed by atoms with Crippen molar-refractivity contribution in [3.8, 4) is 0 Å². The summed E-state index contributed by atoms with van der Waals surface area (Å²) >= 11 is 0. The van der Waals surface area contributed by atoms with Gasteiger partial charge in [0, 0.05) is 38.8 Å². The monoisotopic (exact) mass is 266 g/mol. The Hall–Kier alpha value is -0.970. The smallest absolute Gasteiger partial charge is 0.123 e. The molecule has 1 unspecified atom stereocenters. The average molecular weight is 266 g/mol. The maximum atomic E-state index is 12.8. The van der Waals surface area contributed by atoms with Crippen LogP contribution in [-0.2, 0) is 6.54 Å². The molecule has 1 atom stereocenters. The van der Waals surface area contributed by atoms with E-state index in [4.69, 9.17) is 0 Å². The van der Waals surface area contributed by atoms with Crippen LogP contribution in [0.5, 0.6) is 0 Å². The van der Waals surface area contributed by atoms with Gasteiger partial charge in [-0.15, -0.1) is 0 Å². The van der Waals surface area contributed by atoms with Crippen LogP contribution >= 0.6 is 0 Å². The minimum atomic E-state index is -0.178. The maximum absolute atomic E-state index is 12.8. The molecular formula is C15H23FN2O. The number of halogens is 1. The van der Waals surface area contributed by atoms with E-state index in [-0.39, 0.29) is 12.4 Å². The second-order valence-corrected chi connectivity index (χ2v) is 5.18. The average Bonchev–Trinajstić information content (AvgIpc) is 2.44. The number of hydrogen-bond acceptors (Lipinski definition) is 3. The number of rotatable bonds is 5. The van der Waals surface area contributed by atoms with Crippen molar-refractivity contribution in [2.75, 3.05) is 32.8 Å². The lowest BCUT2D eigenvalue weighted by molar-refractivity contribution is 0.0608. The largest absolute Gasteiger partial charge is 0.395 e. The van der Waals surface area contributed by atoms with Gasteiger partial charge in [0.15, 0.2) is 0 Å². The number of hydrogen-bond donors (Lipinski definition) is 1. The standard InChI is InChI=1S/C15H23FN2O/c1-2-15(12-19)18-9-7-17(8-10-18)11-13-3-5-14(16)6-4-13/h3-6,15,19H,2,7-12H2,1H3. The number of nitrogens with zero attached hydrogens (tertiary/aromatic N) is 2. The highest BCUT2D eigenvalue weighted by Gasteiger charge is 2.22. The first kappa shape index (κ1) is 14.4. The van der Waals surface area contributed by atoms with Crippen LogP contribution in [0.4, 0.5) is 4.39 Å². The Morgan fingerprint density at radius 2 is 1.79 bits per heavy atom. The maximum Gasteiger partial charge on any atom is 0.123 e. The molecule has 3 nitrogen and oxygen atoms in total. The zero-order chi connectivity index (χ0) is 13.7. The van der Waals surface area contributed by atoms with Gasteiger partial charge in [0.1, 0.15) is 5.82 Å². The minimum Gasteiger partial charge on any atom is -0.395 e. The van der Waals surface area contributed by atoms with E-state index in [0.717, 1.165) is 44.7 Å². The van der Waals surface area contributed by atoms with E-state index >= 15 is 0 Å². The molecule has 0 radical (unpaired) electrons. The fraction of sp³-hybridized carbons (Fsp3) is 0.600. The minimum absolute atomic E-state index is 0.178. The fourth-order valence-corrected chi connectivity index (χ4v) is 2.64. The summed E-state index contributed by atoms with van der Waals surface area (Å²) in [6, 6.07) is 7.04. The van der Waals surface area contributed by atoms with Crippen molar-refractivity contribution >= 4 is 0 Å². The van der Waals surface area contributed by atoms with Gasteiger partial charge in [0.25, 0.3) is 0 Å². The van der Waals surface area contributed by atoms with Gasteiger partial charge in [-0.3, -0.25) is 9.80 Å². The second-order valence-electron chi connectivity index (χ2n) is 5.18. The highest BCUT2D eigenvalue weighted by Crippen LogP contribution is 2.12. The Bertz CT molecular complexity index is 370. The lowest BCUT2D eigenvalue weighted by Crippen LogP contribution is -2.50. The molecule has 1 aromatic rings. The molecule has 0 spiro atoms. The highest BCUT2D eigenvalue weighted by atomic mass is 19.1. The number of aliphatic hydroxyl groups excluding tert-OH is 1. The van der Waals surface area contributed by atoms with Crippen molar-refractivity contribution < 1.29 is 9.50 Å². The molecule has 0 aromatic heterocycles. The Morgan fingerprint density at radius 1 is 1.16 bits per heavy atom. The first-order chi connectivity index (χ1) is 9.22. The molecule has 106 valence electrons. The van der Waals surface area contributed by atoms with Crippen LogP contribution in [0.1, 0.15) is 18.9 Å². The van der Waals surface area contributed by atoms with Crippen LogP contribution in [0.15, 0.2) is 24.3 Å². The van der Waals surface area contributed by atoms with Crippen LogP contribution in [0, 0.1) is 5.82 Å². The summed E-state index contributed by atoms with van der Waals surface area (Å²) in [5.74, 6) is -0.178. The van der Waals surface area contributed by atoms with Crippen molar-refractivity contribution in [1.29, 1.82) is 0 Å². The molecule has 1 aliphatic rings. The molecule has 19 heavy (non-hydrogen) atoms. The molecule has 0 saturated carbocycles. The molecule has 2 rings (SSSR count). The SMILES string of the molecule is CCC(CO)N1CCN(Cc2ccc(F)cc2)CC1. The van der Waals surface area contributed by atoms with Crippen LogP contribution in [0.3, 0.4) is 0 Å². The second kappa shape index (κ2) is 6.98. The van der Waals surface area contributed by atoms with Gasteiger partial charge in [-0.1, -0.05) is 19.1 Å². The molecule has 1 N–H and O–H groups in total. The number of aliphatic hydroxyl groups is 1. The van der Waals surface area contributed by atoms with Crippen LogP contribution in [-0.4, -0.2) is 53.7 Å². The van der Waals surface area contributed by atoms with Gasteiger partial charge < -0.3 is 5.11 Å². The van der Waals surface area contributed by atoms with E-state index < -0.39 is 0 Å². The number of piperazine rings is 1. The van der Waals surface area contributed by atoms with Gasteiger partial charge in [-0.2, -0.15) is 0 Å². The van der Waals surface area contributed by atoms with Gasteiger partial charge in [-0.25, -0.2) is 4.39 Å². The van der Waals surface area contributed by atoms with Crippen molar-refractivity contribution in [3.05, 3.63) is 35.6 Å². The number of benzene rings is 1. The van der Waals surface area contributed by atoms with E-state index in [1.165, 1.54) is 12.1 Å². The lowest BCUT2D eigenvalue weighted by atomic mass is 10.1.